The molecule has 0 fully saturated rings. The molecule has 0 atom stereocenters. The number of nitrogens with zero attached hydrogens (tertiary/aromatic N) is 3. The van der Waals surface area contributed by atoms with Crippen LogP contribution in [0.1, 0.15) is 10.6 Å². The number of benzene rings is 1. The Morgan fingerprint density at radius 1 is 1.44 bits per heavy atom. The highest BCUT2D eigenvalue weighted by Crippen LogP contribution is 2.23. The predicted molar refractivity (Wildman–Crippen MR) is 55.1 cm³/mol. The normalized spacial score (nSPS) is 9.81. The van der Waals surface area contributed by atoms with Crippen LogP contribution in [0.15, 0.2) is 24.3 Å². The van der Waals surface area contributed by atoms with Crippen molar-refractivity contribution in [3.05, 3.63) is 30.1 Å². The van der Waals surface area contributed by atoms with Crippen LogP contribution in [0.3, 0.4) is 0 Å². The molecule has 0 aliphatic heterocycles. The number of hydrogen-bond donors (Lipinski definition) is 2. The summed E-state index contributed by atoms with van der Waals surface area (Å²) in [6, 6.07) is 7.06. The molecular weight excluding hydrogens is 210 g/mol. The summed E-state index contributed by atoms with van der Waals surface area (Å²) in [5.41, 5.74) is 0.555. The van der Waals surface area contributed by atoms with Gasteiger partial charge in [0.15, 0.2) is 0 Å². The summed E-state index contributed by atoms with van der Waals surface area (Å²) in [7, 11) is 1.53. The lowest BCUT2D eigenvalue weighted by atomic mass is 10.3. The maximum absolute atomic E-state index is 11.6. The van der Waals surface area contributed by atoms with Gasteiger partial charge in [-0.15, -0.1) is 10.2 Å². The molecule has 0 radical (unpaired) electrons. The Hall–Kier alpha value is -2.44. The van der Waals surface area contributed by atoms with E-state index in [4.69, 9.17) is 4.74 Å². The van der Waals surface area contributed by atoms with E-state index in [9.17, 15) is 4.79 Å². The van der Waals surface area contributed by atoms with Gasteiger partial charge >= 0.3 is 0 Å². The Bertz CT molecular complexity index is 482. The van der Waals surface area contributed by atoms with Crippen molar-refractivity contribution < 1.29 is 9.53 Å². The molecule has 1 amide bonds. The topological polar surface area (TPSA) is 92.8 Å². The zero-order valence-electron chi connectivity index (χ0n) is 8.47. The summed E-state index contributed by atoms with van der Waals surface area (Å²) in [6.07, 6.45) is 0. The van der Waals surface area contributed by atoms with Gasteiger partial charge in [-0.3, -0.25) is 4.79 Å². The number of anilines is 1. The molecule has 0 saturated carbocycles. The molecule has 2 rings (SSSR count). The van der Waals surface area contributed by atoms with Crippen molar-refractivity contribution >= 4 is 11.6 Å². The Morgan fingerprint density at radius 3 is 2.94 bits per heavy atom. The Morgan fingerprint density at radius 2 is 2.25 bits per heavy atom. The predicted octanol–water partition coefficient (Wildman–Crippen LogP) is 0.461. The fraction of sp³-hybridized carbons (Fsp3) is 0.111. The van der Waals surface area contributed by atoms with Crippen molar-refractivity contribution in [3.63, 3.8) is 0 Å². The smallest absolute Gasteiger partial charge is 0.297 e. The quantitative estimate of drug-likeness (QED) is 0.782. The number of hydrogen-bond acceptors (Lipinski definition) is 5. The number of amides is 1. The number of para-hydroxylation sites is 2. The Balaban J connectivity index is 2.18. The maximum atomic E-state index is 11.6. The molecule has 1 aromatic heterocycles. The monoisotopic (exact) mass is 219 g/mol. The van der Waals surface area contributed by atoms with Gasteiger partial charge in [0.25, 0.3) is 11.7 Å². The third-order valence-electron chi connectivity index (χ3n) is 1.90. The number of H-pyrrole nitrogens is 1. The fourth-order valence-electron chi connectivity index (χ4n) is 1.18. The second-order valence-corrected chi connectivity index (χ2v) is 2.89. The first-order valence-corrected chi connectivity index (χ1v) is 4.49. The molecule has 0 aliphatic rings. The lowest BCUT2D eigenvalue weighted by Gasteiger charge is -2.07. The summed E-state index contributed by atoms with van der Waals surface area (Å²) < 4.78 is 5.08. The second kappa shape index (κ2) is 4.39. The number of aromatic amines is 1. The lowest BCUT2D eigenvalue weighted by Crippen LogP contribution is -2.14. The number of aromatic nitrogens is 4. The molecule has 16 heavy (non-hydrogen) atoms. The van der Waals surface area contributed by atoms with E-state index < -0.39 is 5.91 Å². The second-order valence-electron chi connectivity index (χ2n) is 2.89. The highest BCUT2D eigenvalue weighted by atomic mass is 16.5. The van der Waals surface area contributed by atoms with Gasteiger partial charge in [-0.25, -0.2) is 0 Å². The third kappa shape index (κ3) is 1.97. The van der Waals surface area contributed by atoms with Crippen LogP contribution in [-0.4, -0.2) is 33.6 Å². The first-order chi connectivity index (χ1) is 7.81. The fourth-order valence-corrected chi connectivity index (χ4v) is 1.18. The highest BCUT2D eigenvalue weighted by Gasteiger charge is 2.12. The van der Waals surface area contributed by atoms with Crippen LogP contribution in [0.25, 0.3) is 0 Å². The van der Waals surface area contributed by atoms with E-state index in [-0.39, 0.29) is 5.82 Å². The van der Waals surface area contributed by atoms with E-state index in [2.05, 4.69) is 25.9 Å². The SMILES string of the molecule is COc1ccccc1NC(=O)c1nn[nH]n1. The molecule has 2 N–H and O–H groups in total. The van der Waals surface area contributed by atoms with Crippen LogP contribution >= 0.6 is 0 Å². The van der Waals surface area contributed by atoms with E-state index in [1.54, 1.807) is 18.2 Å². The van der Waals surface area contributed by atoms with Gasteiger partial charge in [-0.1, -0.05) is 12.1 Å². The van der Waals surface area contributed by atoms with E-state index >= 15 is 0 Å². The standard InChI is InChI=1S/C9H9N5O2/c1-16-7-5-3-2-4-6(7)10-9(15)8-11-13-14-12-8/h2-5H,1H3,(H,10,15)(H,11,12,13,14). The highest BCUT2D eigenvalue weighted by molar-refractivity contribution is 6.02. The van der Waals surface area contributed by atoms with Crippen LogP contribution in [0.2, 0.25) is 0 Å². The van der Waals surface area contributed by atoms with Gasteiger partial charge in [-0.05, 0) is 17.3 Å². The number of ether oxygens (including phenoxy) is 1. The molecule has 2 aromatic rings. The number of carbonyl (C=O) groups excluding carboxylic acids is 1. The number of carbonyl (C=O) groups is 1. The molecule has 82 valence electrons. The van der Waals surface area contributed by atoms with Gasteiger partial charge in [0.05, 0.1) is 12.8 Å². The first-order valence-electron chi connectivity index (χ1n) is 4.49. The number of rotatable bonds is 3. The molecule has 1 aromatic carbocycles. The van der Waals surface area contributed by atoms with Gasteiger partial charge < -0.3 is 10.1 Å². The third-order valence-corrected chi connectivity index (χ3v) is 1.90. The van der Waals surface area contributed by atoms with Crippen molar-refractivity contribution in [1.29, 1.82) is 0 Å². The van der Waals surface area contributed by atoms with Crippen molar-refractivity contribution in [2.75, 3.05) is 12.4 Å². The molecule has 0 bridgehead atoms. The molecule has 0 unspecified atom stereocenters. The average molecular weight is 219 g/mol. The maximum Gasteiger partial charge on any atom is 0.297 e. The molecule has 1 heterocycles. The molecule has 0 aliphatic carbocycles. The number of nitrogens with one attached hydrogen (secondary N) is 2. The molecule has 7 nitrogen and oxygen atoms in total. The summed E-state index contributed by atoms with van der Waals surface area (Å²) in [5, 5.41) is 15.3. The van der Waals surface area contributed by atoms with Crippen molar-refractivity contribution in [3.8, 4) is 5.75 Å². The van der Waals surface area contributed by atoms with E-state index in [0.29, 0.717) is 11.4 Å². The molecule has 0 spiro atoms. The van der Waals surface area contributed by atoms with E-state index in [0.717, 1.165) is 0 Å². The van der Waals surface area contributed by atoms with E-state index in [1.165, 1.54) is 7.11 Å². The van der Waals surface area contributed by atoms with Crippen LogP contribution in [0, 0.1) is 0 Å². The lowest BCUT2D eigenvalue weighted by molar-refractivity contribution is 0.101. The minimum Gasteiger partial charge on any atom is -0.495 e. The van der Waals surface area contributed by atoms with Crippen molar-refractivity contribution in [2.24, 2.45) is 0 Å². The first kappa shape index (κ1) is 10.1. The average Bonchev–Trinajstić information content (AvgIpc) is 2.83. The number of tetrazole rings is 1. The largest absolute Gasteiger partial charge is 0.495 e. The summed E-state index contributed by atoms with van der Waals surface area (Å²) in [4.78, 5) is 11.6. The van der Waals surface area contributed by atoms with Crippen LogP contribution in [0.4, 0.5) is 5.69 Å². The van der Waals surface area contributed by atoms with Crippen LogP contribution < -0.4 is 10.1 Å². The summed E-state index contributed by atoms with van der Waals surface area (Å²) in [5.74, 6) is 0.100. The summed E-state index contributed by atoms with van der Waals surface area (Å²) >= 11 is 0. The summed E-state index contributed by atoms with van der Waals surface area (Å²) in [6.45, 7) is 0. The molecular formula is C9H9N5O2. The van der Waals surface area contributed by atoms with Crippen molar-refractivity contribution in [1.82, 2.24) is 20.6 Å². The Kier molecular flexibility index (Phi) is 2.77. The van der Waals surface area contributed by atoms with Crippen LogP contribution in [0.5, 0.6) is 5.75 Å². The van der Waals surface area contributed by atoms with Crippen molar-refractivity contribution in [2.45, 2.75) is 0 Å². The van der Waals surface area contributed by atoms with Gasteiger partial charge in [0.1, 0.15) is 5.75 Å². The number of methoxy groups -OCH3 is 1. The van der Waals surface area contributed by atoms with Gasteiger partial charge in [-0.2, -0.15) is 5.21 Å². The van der Waals surface area contributed by atoms with Gasteiger partial charge in [0, 0.05) is 0 Å². The zero-order chi connectivity index (χ0) is 11.4. The van der Waals surface area contributed by atoms with Gasteiger partial charge in [0.2, 0.25) is 0 Å². The van der Waals surface area contributed by atoms with E-state index in [1.807, 2.05) is 6.07 Å². The molecule has 7 heteroatoms. The minimum atomic E-state index is -0.446. The minimum absolute atomic E-state index is 0.0223. The Labute approximate surface area is 90.8 Å². The van der Waals surface area contributed by atoms with Crippen LogP contribution in [-0.2, 0) is 0 Å². The zero-order valence-corrected chi connectivity index (χ0v) is 8.47. The molecule has 0 saturated heterocycles.